The molecule has 0 radical (unpaired) electrons. The Kier molecular flexibility index (Phi) is 7.17. The van der Waals surface area contributed by atoms with Crippen LogP contribution < -0.4 is 16.4 Å². The molecule has 0 saturated carbocycles. The van der Waals surface area contributed by atoms with Gasteiger partial charge in [0.05, 0.1) is 6.54 Å². The molecule has 0 atom stereocenters. The number of aromatic nitrogens is 1. The lowest BCUT2D eigenvalue weighted by molar-refractivity contribution is 0.744. The predicted octanol–water partition coefficient (Wildman–Crippen LogP) is 2.30. The number of hydrogen-bond acceptors (Lipinski definition) is 3. The van der Waals surface area contributed by atoms with Gasteiger partial charge in [0.1, 0.15) is 0 Å². The van der Waals surface area contributed by atoms with Gasteiger partial charge in [0.25, 0.3) is 0 Å². The Morgan fingerprint density at radius 3 is 2.71 bits per heavy atom. The lowest BCUT2D eigenvalue weighted by Gasteiger charge is -2.11. The summed E-state index contributed by atoms with van der Waals surface area (Å²) in [6, 6.07) is 14.1. The zero-order valence-corrected chi connectivity index (χ0v) is 14.6. The van der Waals surface area contributed by atoms with E-state index >= 15 is 0 Å². The van der Waals surface area contributed by atoms with Crippen LogP contribution in [0.4, 0.5) is 0 Å². The number of nitrogens with one attached hydrogen (secondary N) is 2. The number of aliphatic imine (C=N–C) groups is 1. The first-order valence-corrected chi connectivity index (χ1v) is 8.35. The third-order valence-corrected chi connectivity index (χ3v) is 3.61. The van der Waals surface area contributed by atoms with Crippen LogP contribution in [0.5, 0.6) is 0 Å². The molecule has 0 bridgehead atoms. The highest BCUT2D eigenvalue weighted by Gasteiger charge is 2.02. The minimum atomic E-state index is 0.204. The summed E-state index contributed by atoms with van der Waals surface area (Å²) >= 11 is 4.91. The van der Waals surface area contributed by atoms with Crippen molar-refractivity contribution in [3.63, 3.8) is 0 Å². The fraction of sp³-hybridized carbons (Fsp3) is 0.278. The van der Waals surface area contributed by atoms with E-state index in [-0.39, 0.29) is 5.11 Å². The Labute approximate surface area is 148 Å². The van der Waals surface area contributed by atoms with Crippen molar-refractivity contribution >= 4 is 23.3 Å². The number of benzene rings is 1. The molecular weight excluding hydrogens is 318 g/mol. The summed E-state index contributed by atoms with van der Waals surface area (Å²) < 4.78 is 0. The van der Waals surface area contributed by atoms with E-state index in [0.29, 0.717) is 12.5 Å². The molecule has 0 saturated heterocycles. The molecule has 0 fully saturated rings. The smallest absolute Gasteiger partial charge is 0.197 e. The van der Waals surface area contributed by atoms with E-state index in [1.54, 1.807) is 0 Å². The number of pyridine rings is 1. The summed E-state index contributed by atoms with van der Waals surface area (Å²) in [5.74, 6) is 0.601. The van der Waals surface area contributed by atoms with E-state index in [4.69, 9.17) is 18.0 Å². The molecular formula is C18H23N5S. The minimum Gasteiger partial charge on any atom is -0.376 e. The Morgan fingerprint density at radius 1 is 1.21 bits per heavy atom. The van der Waals surface area contributed by atoms with Crippen LogP contribution in [0.15, 0.2) is 53.7 Å². The van der Waals surface area contributed by atoms with E-state index in [0.717, 1.165) is 30.6 Å². The molecule has 0 aliphatic heterocycles. The Hall–Kier alpha value is -2.47. The topological polar surface area (TPSA) is 75.3 Å². The molecule has 0 aliphatic rings. The molecule has 6 heteroatoms. The molecule has 0 aliphatic carbocycles. The molecule has 5 nitrogen and oxygen atoms in total. The van der Waals surface area contributed by atoms with Gasteiger partial charge in [-0.25, -0.2) is 4.99 Å². The van der Waals surface area contributed by atoms with E-state index in [2.05, 4.69) is 33.6 Å². The second kappa shape index (κ2) is 9.62. The summed E-state index contributed by atoms with van der Waals surface area (Å²) in [6.07, 6.45) is 3.69. The van der Waals surface area contributed by atoms with Gasteiger partial charge >= 0.3 is 0 Å². The number of nitrogens with two attached hydrogens (primary N) is 1. The monoisotopic (exact) mass is 341 g/mol. The number of hydrogen-bond donors (Lipinski definition) is 3. The third kappa shape index (κ3) is 6.34. The largest absolute Gasteiger partial charge is 0.376 e. The molecule has 2 aromatic rings. The zero-order valence-electron chi connectivity index (χ0n) is 13.8. The fourth-order valence-corrected chi connectivity index (χ4v) is 2.35. The van der Waals surface area contributed by atoms with Crippen molar-refractivity contribution in [2.45, 2.75) is 26.3 Å². The maximum absolute atomic E-state index is 5.57. The van der Waals surface area contributed by atoms with Gasteiger partial charge in [-0.1, -0.05) is 36.4 Å². The molecule has 2 rings (SSSR count). The quantitative estimate of drug-likeness (QED) is 0.325. The minimum absolute atomic E-state index is 0.204. The highest BCUT2D eigenvalue weighted by Crippen LogP contribution is 2.05. The van der Waals surface area contributed by atoms with Gasteiger partial charge < -0.3 is 16.4 Å². The van der Waals surface area contributed by atoms with Crippen LogP contribution in [0.2, 0.25) is 0 Å². The molecule has 0 spiro atoms. The SMILES string of the molecule is Cc1cccnc1CCCNC(=NCc1ccccc1)NC(N)=S. The summed E-state index contributed by atoms with van der Waals surface area (Å²) in [6.45, 7) is 3.41. The van der Waals surface area contributed by atoms with Gasteiger partial charge in [0.15, 0.2) is 11.1 Å². The second-order valence-corrected chi connectivity index (χ2v) is 5.88. The van der Waals surface area contributed by atoms with Crippen molar-refractivity contribution < 1.29 is 0 Å². The number of nitrogens with zero attached hydrogens (tertiary/aromatic N) is 2. The summed E-state index contributed by atoms with van der Waals surface area (Å²) in [5.41, 5.74) is 9.05. The molecule has 0 unspecified atom stereocenters. The van der Waals surface area contributed by atoms with E-state index in [1.165, 1.54) is 5.56 Å². The van der Waals surface area contributed by atoms with Gasteiger partial charge in [-0.2, -0.15) is 0 Å². The number of rotatable bonds is 6. The molecule has 24 heavy (non-hydrogen) atoms. The van der Waals surface area contributed by atoms with Crippen LogP contribution in [0.3, 0.4) is 0 Å². The maximum atomic E-state index is 5.57. The summed E-state index contributed by atoms with van der Waals surface area (Å²) in [7, 11) is 0. The Morgan fingerprint density at radius 2 is 2.00 bits per heavy atom. The molecule has 1 heterocycles. The van der Waals surface area contributed by atoms with E-state index < -0.39 is 0 Å². The van der Waals surface area contributed by atoms with Crippen molar-refractivity contribution in [3.05, 3.63) is 65.5 Å². The summed E-state index contributed by atoms with van der Waals surface area (Å²) in [5, 5.41) is 6.35. The van der Waals surface area contributed by atoms with Crippen molar-refractivity contribution in [2.75, 3.05) is 6.54 Å². The lowest BCUT2D eigenvalue weighted by atomic mass is 10.1. The fourth-order valence-electron chi connectivity index (χ4n) is 2.25. The Bertz CT molecular complexity index is 685. The molecule has 0 amide bonds. The van der Waals surface area contributed by atoms with E-state index in [1.807, 2.05) is 42.6 Å². The first kappa shape index (κ1) is 17.9. The van der Waals surface area contributed by atoms with Gasteiger partial charge in [0.2, 0.25) is 0 Å². The number of guanidine groups is 1. The van der Waals surface area contributed by atoms with Crippen LogP contribution in [0, 0.1) is 6.92 Å². The van der Waals surface area contributed by atoms with Crippen molar-refractivity contribution in [1.82, 2.24) is 15.6 Å². The molecule has 1 aromatic heterocycles. The molecule has 126 valence electrons. The van der Waals surface area contributed by atoms with Crippen LogP contribution in [0.1, 0.15) is 23.2 Å². The van der Waals surface area contributed by atoms with Crippen molar-refractivity contribution in [2.24, 2.45) is 10.7 Å². The third-order valence-electron chi connectivity index (χ3n) is 3.50. The highest BCUT2D eigenvalue weighted by atomic mass is 32.1. The number of aryl methyl sites for hydroxylation is 2. The normalized spacial score (nSPS) is 11.1. The second-order valence-electron chi connectivity index (χ2n) is 5.44. The average Bonchev–Trinajstić information content (AvgIpc) is 2.58. The maximum Gasteiger partial charge on any atom is 0.197 e. The average molecular weight is 341 g/mol. The predicted molar refractivity (Wildman–Crippen MR) is 103 cm³/mol. The number of thiocarbonyl (C=S) groups is 1. The van der Waals surface area contributed by atoms with Crippen LogP contribution in [-0.4, -0.2) is 22.6 Å². The zero-order chi connectivity index (χ0) is 17.2. The van der Waals surface area contributed by atoms with Gasteiger partial charge in [0, 0.05) is 18.4 Å². The molecule has 1 aromatic carbocycles. The highest BCUT2D eigenvalue weighted by molar-refractivity contribution is 7.80. The van der Waals surface area contributed by atoms with Gasteiger partial charge in [-0.15, -0.1) is 0 Å². The van der Waals surface area contributed by atoms with E-state index in [9.17, 15) is 0 Å². The first-order valence-electron chi connectivity index (χ1n) is 7.94. The van der Waals surface area contributed by atoms with Crippen LogP contribution >= 0.6 is 12.2 Å². The van der Waals surface area contributed by atoms with Crippen molar-refractivity contribution in [1.29, 1.82) is 0 Å². The summed E-state index contributed by atoms with van der Waals surface area (Å²) in [4.78, 5) is 8.91. The van der Waals surface area contributed by atoms with Gasteiger partial charge in [-0.3, -0.25) is 4.98 Å². The standard InChI is InChI=1S/C18H23N5S/c1-14-7-5-11-20-16(14)10-6-12-21-18(23-17(19)24)22-13-15-8-3-2-4-9-15/h2-5,7-9,11H,6,10,12-13H2,1H3,(H4,19,21,22,23,24). The lowest BCUT2D eigenvalue weighted by Crippen LogP contribution is -2.44. The molecule has 4 N–H and O–H groups in total. The van der Waals surface area contributed by atoms with Crippen LogP contribution in [0.25, 0.3) is 0 Å². The van der Waals surface area contributed by atoms with Crippen molar-refractivity contribution in [3.8, 4) is 0 Å². The van der Waals surface area contributed by atoms with Crippen LogP contribution in [-0.2, 0) is 13.0 Å². The first-order chi connectivity index (χ1) is 11.6. The van der Waals surface area contributed by atoms with Gasteiger partial charge in [-0.05, 0) is 49.2 Å². The Balaban J connectivity index is 1.84.